The van der Waals surface area contributed by atoms with E-state index in [1.165, 1.54) is 29.8 Å². The van der Waals surface area contributed by atoms with E-state index in [1.54, 1.807) is 0 Å². The van der Waals surface area contributed by atoms with Crippen molar-refractivity contribution in [2.75, 3.05) is 19.6 Å². The number of rotatable bonds is 9. The van der Waals surface area contributed by atoms with Crippen LogP contribution in [0.5, 0.6) is 0 Å². The van der Waals surface area contributed by atoms with E-state index in [2.05, 4.69) is 22.8 Å². The molecule has 1 aliphatic rings. The molecule has 1 heterocycles. The molecule has 0 aromatic heterocycles. The lowest BCUT2D eigenvalue weighted by Crippen LogP contribution is -2.49. The summed E-state index contributed by atoms with van der Waals surface area (Å²) >= 11 is 0. The Labute approximate surface area is 206 Å². The highest BCUT2D eigenvalue weighted by Gasteiger charge is 2.29. The van der Waals surface area contributed by atoms with Crippen LogP contribution in [0.25, 0.3) is 0 Å². The molecule has 182 valence electrons. The molecule has 3 aromatic carbocycles. The maximum absolute atomic E-state index is 13.0. The number of nitrogens with zero attached hydrogens (tertiary/aromatic N) is 1. The van der Waals surface area contributed by atoms with Crippen molar-refractivity contribution < 1.29 is 18.0 Å². The number of sulfonamides is 1. The van der Waals surface area contributed by atoms with E-state index >= 15 is 0 Å². The monoisotopic (exact) mass is 491 g/mol. The van der Waals surface area contributed by atoms with Gasteiger partial charge < -0.3 is 10.6 Å². The molecule has 0 radical (unpaired) electrons. The lowest BCUT2D eigenvalue weighted by molar-refractivity contribution is -0.122. The molecule has 0 aliphatic carbocycles. The molecule has 1 unspecified atom stereocenters. The average Bonchev–Trinajstić information content (AvgIpc) is 2.89. The van der Waals surface area contributed by atoms with Crippen LogP contribution in [0.15, 0.2) is 89.8 Å². The fourth-order valence-corrected chi connectivity index (χ4v) is 5.55. The lowest BCUT2D eigenvalue weighted by Gasteiger charge is -2.26. The number of hydrogen-bond acceptors (Lipinski definition) is 4. The van der Waals surface area contributed by atoms with Crippen molar-refractivity contribution >= 4 is 21.8 Å². The van der Waals surface area contributed by atoms with Gasteiger partial charge in [0.1, 0.15) is 0 Å². The zero-order valence-electron chi connectivity index (χ0n) is 19.4. The summed E-state index contributed by atoms with van der Waals surface area (Å²) in [6.07, 6.45) is 2.60. The maximum atomic E-state index is 13.0. The second-order valence-corrected chi connectivity index (χ2v) is 10.5. The van der Waals surface area contributed by atoms with Gasteiger partial charge in [0, 0.05) is 18.7 Å². The van der Waals surface area contributed by atoms with Crippen molar-refractivity contribution in [3.05, 3.63) is 102 Å². The van der Waals surface area contributed by atoms with Gasteiger partial charge in [0.15, 0.2) is 0 Å². The molecule has 0 bridgehead atoms. The van der Waals surface area contributed by atoms with E-state index in [1.807, 2.05) is 48.5 Å². The van der Waals surface area contributed by atoms with Crippen LogP contribution in [-0.2, 0) is 21.2 Å². The first-order valence-electron chi connectivity index (χ1n) is 11.7. The van der Waals surface area contributed by atoms with Crippen LogP contribution in [0, 0.1) is 0 Å². The molecule has 1 saturated heterocycles. The summed E-state index contributed by atoms with van der Waals surface area (Å²) in [5.41, 5.74) is 2.66. The number of carbonyl (C=O) groups excluding carboxylic acids is 2. The van der Waals surface area contributed by atoms with Crippen molar-refractivity contribution in [2.24, 2.45) is 0 Å². The molecule has 1 aliphatic heterocycles. The third kappa shape index (κ3) is 6.35. The largest absolute Gasteiger partial charge is 0.354 e. The molecule has 0 saturated carbocycles. The number of amides is 2. The summed E-state index contributed by atoms with van der Waals surface area (Å²) < 4.78 is 26.9. The van der Waals surface area contributed by atoms with Crippen LogP contribution >= 0.6 is 0 Å². The predicted octanol–water partition coefficient (Wildman–Crippen LogP) is 3.30. The quantitative estimate of drug-likeness (QED) is 0.480. The number of benzene rings is 3. The Balaban J connectivity index is 1.44. The second kappa shape index (κ2) is 11.3. The van der Waals surface area contributed by atoms with E-state index < -0.39 is 10.0 Å². The van der Waals surface area contributed by atoms with Gasteiger partial charge in [-0.1, -0.05) is 60.7 Å². The first-order valence-corrected chi connectivity index (χ1v) is 13.1. The second-order valence-electron chi connectivity index (χ2n) is 8.53. The topological polar surface area (TPSA) is 95.6 Å². The van der Waals surface area contributed by atoms with Gasteiger partial charge in [0.2, 0.25) is 15.9 Å². The Hall–Kier alpha value is -3.49. The van der Waals surface area contributed by atoms with Crippen LogP contribution in [-0.4, -0.2) is 44.2 Å². The number of hydrogen-bond donors (Lipinski definition) is 2. The molecule has 4 rings (SSSR count). The molecular weight excluding hydrogens is 462 g/mol. The van der Waals surface area contributed by atoms with Crippen LogP contribution in [0.1, 0.15) is 40.4 Å². The van der Waals surface area contributed by atoms with E-state index in [0.29, 0.717) is 5.56 Å². The van der Waals surface area contributed by atoms with Gasteiger partial charge in [-0.05, 0) is 54.7 Å². The summed E-state index contributed by atoms with van der Waals surface area (Å²) in [5.74, 6) is -0.588. The summed E-state index contributed by atoms with van der Waals surface area (Å²) in [7, 11) is -3.80. The fraction of sp³-hybridized carbons (Fsp3) is 0.259. The molecule has 1 fully saturated rings. The fourth-order valence-electron chi connectivity index (χ4n) is 4.15. The summed E-state index contributed by atoms with van der Waals surface area (Å²) in [6.45, 7) is 0.300. The predicted molar refractivity (Wildman–Crippen MR) is 134 cm³/mol. The van der Waals surface area contributed by atoms with Crippen molar-refractivity contribution in [1.82, 2.24) is 14.9 Å². The van der Waals surface area contributed by atoms with Gasteiger partial charge in [-0.3, -0.25) is 9.59 Å². The van der Waals surface area contributed by atoms with Crippen LogP contribution < -0.4 is 10.6 Å². The molecule has 1 atom stereocenters. The van der Waals surface area contributed by atoms with Gasteiger partial charge in [-0.15, -0.1) is 0 Å². The van der Waals surface area contributed by atoms with Crippen LogP contribution in [0.3, 0.4) is 0 Å². The molecule has 2 N–H and O–H groups in total. The van der Waals surface area contributed by atoms with Crippen molar-refractivity contribution in [1.29, 1.82) is 0 Å². The molecule has 8 heteroatoms. The number of nitrogens with one attached hydrogen (secondary N) is 2. The first-order chi connectivity index (χ1) is 16.9. The zero-order chi connectivity index (χ0) is 24.7. The smallest absolute Gasteiger partial charge is 0.251 e. The Kier molecular flexibility index (Phi) is 7.94. The molecule has 2 amide bonds. The third-order valence-electron chi connectivity index (χ3n) is 6.07. The minimum absolute atomic E-state index is 0.0613. The summed E-state index contributed by atoms with van der Waals surface area (Å²) in [6, 6.07) is 25.8. The van der Waals surface area contributed by atoms with E-state index in [4.69, 9.17) is 0 Å². The molecule has 0 spiro atoms. The van der Waals surface area contributed by atoms with E-state index in [-0.39, 0.29) is 42.4 Å². The number of carbonyl (C=O) groups is 2. The van der Waals surface area contributed by atoms with Gasteiger partial charge in [0.05, 0.1) is 17.5 Å². The minimum Gasteiger partial charge on any atom is -0.354 e. The summed E-state index contributed by atoms with van der Waals surface area (Å²) in [4.78, 5) is 24.7. The van der Waals surface area contributed by atoms with Gasteiger partial charge in [-0.2, -0.15) is 4.31 Å². The Morgan fingerprint density at radius 2 is 1.60 bits per heavy atom. The Morgan fingerprint density at radius 3 is 2.26 bits per heavy atom. The van der Waals surface area contributed by atoms with E-state index in [9.17, 15) is 18.0 Å². The SMILES string of the molecule is O=C1CN(S(=O)(=O)c2ccc(C(=O)NC(CCCc3ccccc3)c3ccccc3)cc2)CCN1. The van der Waals surface area contributed by atoms with Gasteiger partial charge in [-0.25, -0.2) is 8.42 Å². The Bertz CT molecular complexity index is 1250. The van der Waals surface area contributed by atoms with Gasteiger partial charge >= 0.3 is 0 Å². The standard InChI is InChI=1S/C27H29N3O4S/c31-26-20-30(19-18-28-26)35(33,34)24-16-14-23(15-17-24)27(32)29-25(22-11-5-2-6-12-22)13-7-10-21-8-3-1-4-9-21/h1-6,8-9,11-12,14-17,25H,7,10,13,18-20H2,(H,28,31)(H,29,32). The van der Waals surface area contributed by atoms with Crippen LogP contribution in [0.2, 0.25) is 0 Å². The summed E-state index contributed by atoms with van der Waals surface area (Å²) in [5, 5.41) is 5.73. The highest BCUT2D eigenvalue weighted by atomic mass is 32.2. The average molecular weight is 492 g/mol. The van der Waals surface area contributed by atoms with Crippen molar-refractivity contribution in [2.45, 2.75) is 30.2 Å². The van der Waals surface area contributed by atoms with E-state index in [0.717, 1.165) is 29.1 Å². The first kappa shape index (κ1) is 24.6. The maximum Gasteiger partial charge on any atom is 0.251 e. The molecule has 3 aromatic rings. The van der Waals surface area contributed by atoms with Crippen molar-refractivity contribution in [3.8, 4) is 0 Å². The Morgan fingerprint density at radius 1 is 0.943 bits per heavy atom. The third-order valence-corrected chi connectivity index (χ3v) is 7.93. The molecular formula is C27H29N3O4S. The highest BCUT2D eigenvalue weighted by Crippen LogP contribution is 2.22. The normalized spacial score (nSPS) is 15.3. The van der Waals surface area contributed by atoms with Crippen molar-refractivity contribution in [3.63, 3.8) is 0 Å². The number of aryl methyl sites for hydroxylation is 1. The van der Waals surface area contributed by atoms with Gasteiger partial charge in [0.25, 0.3) is 5.91 Å². The number of piperazine rings is 1. The lowest BCUT2D eigenvalue weighted by atomic mass is 9.98. The zero-order valence-corrected chi connectivity index (χ0v) is 20.2. The highest BCUT2D eigenvalue weighted by molar-refractivity contribution is 7.89. The minimum atomic E-state index is -3.80. The van der Waals surface area contributed by atoms with Crippen LogP contribution in [0.4, 0.5) is 0 Å². The molecule has 35 heavy (non-hydrogen) atoms. The molecule has 7 nitrogen and oxygen atoms in total.